The Labute approximate surface area is 83.8 Å². The standard InChI is InChI=1S/C9H17N3O2/c1-9(2,3)11-8-10-7(12-14-8)5-6-13-4/h5-6H2,1-4H3,(H,10,11,12). The van der Waals surface area contributed by atoms with Crippen molar-refractivity contribution in [3.8, 4) is 0 Å². The van der Waals surface area contributed by atoms with Crippen molar-refractivity contribution < 1.29 is 9.26 Å². The molecule has 0 aliphatic rings. The van der Waals surface area contributed by atoms with E-state index in [-0.39, 0.29) is 5.54 Å². The Bertz CT molecular complexity index is 278. The molecule has 0 amide bonds. The third-order valence-electron chi connectivity index (χ3n) is 1.48. The zero-order chi connectivity index (χ0) is 10.6. The van der Waals surface area contributed by atoms with Crippen LogP contribution in [0.25, 0.3) is 0 Å². The van der Waals surface area contributed by atoms with E-state index in [2.05, 4.69) is 15.5 Å². The van der Waals surface area contributed by atoms with E-state index in [0.29, 0.717) is 24.9 Å². The Morgan fingerprint density at radius 2 is 2.14 bits per heavy atom. The van der Waals surface area contributed by atoms with Crippen LogP contribution in [0.15, 0.2) is 4.52 Å². The van der Waals surface area contributed by atoms with Crippen molar-refractivity contribution in [2.75, 3.05) is 19.0 Å². The molecule has 0 fully saturated rings. The van der Waals surface area contributed by atoms with Crippen LogP contribution in [0, 0.1) is 0 Å². The molecule has 5 heteroatoms. The van der Waals surface area contributed by atoms with Crippen molar-refractivity contribution >= 4 is 6.01 Å². The number of hydrogen-bond acceptors (Lipinski definition) is 5. The molecule has 0 saturated heterocycles. The molecule has 0 saturated carbocycles. The summed E-state index contributed by atoms with van der Waals surface area (Å²) < 4.78 is 9.92. The second-order valence-corrected chi connectivity index (χ2v) is 4.13. The van der Waals surface area contributed by atoms with Gasteiger partial charge in [-0.1, -0.05) is 5.16 Å². The maximum Gasteiger partial charge on any atom is 0.321 e. The molecule has 0 aromatic carbocycles. The maximum atomic E-state index is 5.01. The topological polar surface area (TPSA) is 60.2 Å². The van der Waals surface area contributed by atoms with Crippen LogP contribution in [0.4, 0.5) is 6.01 Å². The molecule has 1 N–H and O–H groups in total. The predicted octanol–water partition coefficient (Wildman–Crippen LogP) is 1.47. The Balaban J connectivity index is 2.51. The summed E-state index contributed by atoms with van der Waals surface area (Å²) in [5.41, 5.74) is -0.0644. The van der Waals surface area contributed by atoms with E-state index in [1.807, 2.05) is 20.8 Å². The Kier molecular flexibility index (Phi) is 3.46. The van der Waals surface area contributed by atoms with Crippen LogP contribution >= 0.6 is 0 Å². The molecular weight excluding hydrogens is 182 g/mol. The van der Waals surface area contributed by atoms with Crippen LogP contribution in [0.5, 0.6) is 0 Å². The van der Waals surface area contributed by atoms with Gasteiger partial charge in [0.25, 0.3) is 0 Å². The number of anilines is 1. The first-order chi connectivity index (χ1) is 6.51. The summed E-state index contributed by atoms with van der Waals surface area (Å²) in [5, 5.41) is 6.91. The first-order valence-electron chi connectivity index (χ1n) is 4.61. The van der Waals surface area contributed by atoms with Crippen LogP contribution < -0.4 is 5.32 Å². The number of aromatic nitrogens is 2. The monoisotopic (exact) mass is 199 g/mol. The van der Waals surface area contributed by atoms with Gasteiger partial charge in [0, 0.05) is 19.1 Å². The van der Waals surface area contributed by atoms with Crippen LogP contribution in [0.3, 0.4) is 0 Å². The van der Waals surface area contributed by atoms with Crippen molar-refractivity contribution in [2.45, 2.75) is 32.7 Å². The molecule has 1 aromatic rings. The summed E-state index contributed by atoms with van der Waals surface area (Å²) in [6, 6.07) is 0.462. The van der Waals surface area contributed by atoms with E-state index in [4.69, 9.17) is 9.26 Å². The fraction of sp³-hybridized carbons (Fsp3) is 0.778. The van der Waals surface area contributed by atoms with Gasteiger partial charge in [0.05, 0.1) is 6.61 Å². The highest BCUT2D eigenvalue weighted by Gasteiger charge is 2.14. The molecule has 0 bridgehead atoms. The third kappa shape index (κ3) is 3.74. The SMILES string of the molecule is COCCc1noc(NC(C)(C)C)n1. The summed E-state index contributed by atoms with van der Waals surface area (Å²) in [6.07, 6.45) is 0.672. The van der Waals surface area contributed by atoms with E-state index < -0.39 is 0 Å². The lowest BCUT2D eigenvalue weighted by molar-refractivity contribution is 0.199. The Hall–Kier alpha value is -1.10. The van der Waals surface area contributed by atoms with Gasteiger partial charge in [-0.2, -0.15) is 4.98 Å². The molecule has 80 valence electrons. The minimum atomic E-state index is -0.0644. The Morgan fingerprint density at radius 3 is 2.71 bits per heavy atom. The van der Waals surface area contributed by atoms with Gasteiger partial charge in [-0.05, 0) is 20.8 Å². The molecular formula is C9H17N3O2. The van der Waals surface area contributed by atoms with Crippen LogP contribution in [0.1, 0.15) is 26.6 Å². The second kappa shape index (κ2) is 4.41. The summed E-state index contributed by atoms with van der Waals surface area (Å²) >= 11 is 0. The van der Waals surface area contributed by atoms with Gasteiger partial charge in [-0.25, -0.2) is 0 Å². The van der Waals surface area contributed by atoms with Crippen molar-refractivity contribution in [1.29, 1.82) is 0 Å². The van der Waals surface area contributed by atoms with Gasteiger partial charge in [-0.15, -0.1) is 0 Å². The van der Waals surface area contributed by atoms with E-state index >= 15 is 0 Å². The molecule has 14 heavy (non-hydrogen) atoms. The van der Waals surface area contributed by atoms with Gasteiger partial charge in [-0.3, -0.25) is 0 Å². The zero-order valence-corrected chi connectivity index (χ0v) is 9.13. The van der Waals surface area contributed by atoms with E-state index in [1.165, 1.54) is 0 Å². The van der Waals surface area contributed by atoms with Crippen molar-refractivity contribution in [3.05, 3.63) is 5.82 Å². The normalized spacial score (nSPS) is 11.7. The number of rotatable bonds is 4. The number of methoxy groups -OCH3 is 1. The lowest BCUT2D eigenvalue weighted by atomic mass is 10.1. The average molecular weight is 199 g/mol. The van der Waals surface area contributed by atoms with Crippen molar-refractivity contribution in [3.63, 3.8) is 0 Å². The maximum absolute atomic E-state index is 5.01. The summed E-state index contributed by atoms with van der Waals surface area (Å²) in [4.78, 5) is 4.16. The van der Waals surface area contributed by atoms with E-state index in [0.717, 1.165) is 0 Å². The minimum Gasteiger partial charge on any atom is -0.384 e. The lowest BCUT2D eigenvalue weighted by Crippen LogP contribution is -2.26. The summed E-state index contributed by atoms with van der Waals surface area (Å²) in [7, 11) is 1.65. The van der Waals surface area contributed by atoms with Gasteiger partial charge in [0.2, 0.25) is 0 Å². The minimum absolute atomic E-state index is 0.0644. The highest BCUT2D eigenvalue weighted by atomic mass is 16.5. The predicted molar refractivity (Wildman–Crippen MR) is 53.3 cm³/mol. The molecule has 0 unspecified atom stereocenters. The quantitative estimate of drug-likeness (QED) is 0.795. The molecule has 5 nitrogen and oxygen atoms in total. The highest BCUT2D eigenvalue weighted by Crippen LogP contribution is 2.11. The van der Waals surface area contributed by atoms with Gasteiger partial charge >= 0.3 is 6.01 Å². The molecule has 1 rings (SSSR count). The van der Waals surface area contributed by atoms with Gasteiger partial charge < -0.3 is 14.6 Å². The molecule has 0 radical (unpaired) electrons. The molecule has 0 aliphatic heterocycles. The summed E-state index contributed by atoms with van der Waals surface area (Å²) in [6.45, 7) is 6.71. The number of hydrogen-bond donors (Lipinski definition) is 1. The highest BCUT2D eigenvalue weighted by molar-refractivity contribution is 5.22. The average Bonchev–Trinajstić information content (AvgIpc) is 2.46. The van der Waals surface area contributed by atoms with Crippen LogP contribution in [-0.4, -0.2) is 29.4 Å². The zero-order valence-electron chi connectivity index (χ0n) is 9.13. The third-order valence-corrected chi connectivity index (χ3v) is 1.48. The number of nitrogens with one attached hydrogen (secondary N) is 1. The van der Waals surface area contributed by atoms with Gasteiger partial charge in [0.1, 0.15) is 0 Å². The molecule has 0 atom stereocenters. The fourth-order valence-electron chi connectivity index (χ4n) is 0.920. The number of nitrogens with zero attached hydrogens (tertiary/aromatic N) is 2. The second-order valence-electron chi connectivity index (χ2n) is 4.13. The van der Waals surface area contributed by atoms with E-state index in [9.17, 15) is 0 Å². The van der Waals surface area contributed by atoms with E-state index in [1.54, 1.807) is 7.11 Å². The number of ether oxygens (including phenoxy) is 1. The fourth-order valence-corrected chi connectivity index (χ4v) is 0.920. The van der Waals surface area contributed by atoms with Crippen LogP contribution in [0.2, 0.25) is 0 Å². The first-order valence-corrected chi connectivity index (χ1v) is 4.61. The molecule has 0 aliphatic carbocycles. The first kappa shape index (κ1) is 11.0. The molecule has 1 heterocycles. The van der Waals surface area contributed by atoms with Crippen LogP contribution in [-0.2, 0) is 11.2 Å². The van der Waals surface area contributed by atoms with Crippen molar-refractivity contribution in [2.24, 2.45) is 0 Å². The molecule has 1 aromatic heterocycles. The molecule has 0 spiro atoms. The largest absolute Gasteiger partial charge is 0.384 e. The summed E-state index contributed by atoms with van der Waals surface area (Å²) in [5.74, 6) is 0.665. The van der Waals surface area contributed by atoms with Gasteiger partial charge in [0.15, 0.2) is 5.82 Å². The lowest BCUT2D eigenvalue weighted by Gasteiger charge is -2.17. The Morgan fingerprint density at radius 1 is 1.43 bits per heavy atom. The smallest absolute Gasteiger partial charge is 0.321 e. The van der Waals surface area contributed by atoms with Crippen molar-refractivity contribution in [1.82, 2.24) is 10.1 Å².